The summed E-state index contributed by atoms with van der Waals surface area (Å²) in [5.41, 5.74) is 3.00. The minimum absolute atomic E-state index is 0.0924. The first-order valence-electron chi connectivity index (χ1n) is 8.53. The summed E-state index contributed by atoms with van der Waals surface area (Å²) in [6.45, 7) is -0.0924. The number of rotatable bonds is 4. The van der Waals surface area contributed by atoms with Gasteiger partial charge in [-0.05, 0) is 42.0 Å². The monoisotopic (exact) mass is 411 g/mol. The van der Waals surface area contributed by atoms with E-state index in [1.54, 1.807) is 48.0 Å². The van der Waals surface area contributed by atoms with Crippen molar-refractivity contribution >= 4 is 40.0 Å². The molecule has 0 aliphatic heterocycles. The number of benzene rings is 2. The summed E-state index contributed by atoms with van der Waals surface area (Å²) >= 11 is 11.8. The molecule has 140 valence electrons. The van der Waals surface area contributed by atoms with Crippen LogP contribution < -0.4 is 5.56 Å². The average Bonchev–Trinajstić information content (AvgIpc) is 3.02. The molecule has 0 N–H and O–H groups in total. The van der Waals surface area contributed by atoms with Gasteiger partial charge in [-0.3, -0.25) is 14.2 Å². The second-order valence-corrected chi connectivity index (χ2v) is 7.34. The van der Waals surface area contributed by atoms with Crippen LogP contribution in [0.4, 0.5) is 0 Å². The molecule has 0 unspecified atom stereocenters. The van der Waals surface area contributed by atoms with Crippen molar-refractivity contribution in [3.05, 3.63) is 87.0 Å². The molecule has 0 amide bonds. The second kappa shape index (κ2) is 7.26. The minimum Gasteiger partial charge on any atom is -0.344 e. The molecule has 0 radical (unpaired) electrons. The topological polar surface area (TPSA) is 56.9 Å². The Kier molecular flexibility index (Phi) is 4.79. The van der Waals surface area contributed by atoms with Crippen LogP contribution in [0.25, 0.3) is 22.2 Å². The third-order valence-corrected chi connectivity index (χ3v) is 5.08. The fourth-order valence-corrected chi connectivity index (χ4v) is 3.40. The molecule has 2 aromatic carbocycles. The van der Waals surface area contributed by atoms with Gasteiger partial charge in [0.25, 0.3) is 5.56 Å². The van der Waals surface area contributed by atoms with E-state index in [2.05, 4.69) is 4.98 Å². The van der Waals surface area contributed by atoms with Crippen LogP contribution >= 0.6 is 23.2 Å². The maximum Gasteiger partial charge on any atom is 0.278 e. The number of Topliss-reactive ketones (excluding diaryl/α,β-unsaturated/α-hetero) is 1. The number of hydrogen-bond donors (Lipinski definition) is 0. The Morgan fingerprint density at radius 2 is 1.61 bits per heavy atom. The van der Waals surface area contributed by atoms with Gasteiger partial charge in [0.1, 0.15) is 11.0 Å². The first-order chi connectivity index (χ1) is 13.4. The molecule has 0 atom stereocenters. The van der Waals surface area contributed by atoms with E-state index in [4.69, 9.17) is 23.2 Å². The number of halogens is 2. The highest BCUT2D eigenvalue weighted by Crippen LogP contribution is 2.28. The van der Waals surface area contributed by atoms with Gasteiger partial charge in [-0.2, -0.15) is 0 Å². The summed E-state index contributed by atoms with van der Waals surface area (Å²) < 4.78 is 3.06. The van der Waals surface area contributed by atoms with E-state index < -0.39 is 0 Å². The molecule has 5 nitrogen and oxygen atoms in total. The zero-order valence-corrected chi connectivity index (χ0v) is 16.4. The van der Waals surface area contributed by atoms with Crippen LogP contribution in [0.2, 0.25) is 10.0 Å². The highest BCUT2D eigenvalue weighted by molar-refractivity contribution is 6.31. The van der Waals surface area contributed by atoms with E-state index in [0.29, 0.717) is 26.6 Å². The standard InChI is InChI=1S/C21H15Cl2N3O2/c1-25-10-17(13-2-6-15(22)7-3-13)19-20(25)21(28)26(12-24-19)11-18(27)14-4-8-16(23)9-5-14/h2-10,12H,11H2,1H3. The average molecular weight is 412 g/mol. The molecule has 0 spiro atoms. The lowest BCUT2D eigenvalue weighted by Gasteiger charge is -2.06. The number of nitrogens with zero attached hydrogens (tertiary/aromatic N) is 3. The van der Waals surface area contributed by atoms with Gasteiger partial charge < -0.3 is 4.57 Å². The normalized spacial score (nSPS) is 11.1. The van der Waals surface area contributed by atoms with Gasteiger partial charge in [-0.15, -0.1) is 0 Å². The summed E-state index contributed by atoms with van der Waals surface area (Å²) in [6, 6.07) is 13.9. The van der Waals surface area contributed by atoms with Crippen LogP contribution in [-0.4, -0.2) is 19.9 Å². The van der Waals surface area contributed by atoms with E-state index >= 15 is 0 Å². The molecule has 0 fully saturated rings. The van der Waals surface area contributed by atoms with Crippen molar-refractivity contribution in [2.45, 2.75) is 6.54 Å². The number of aromatic nitrogens is 3. The number of carbonyl (C=O) groups excluding carboxylic acids is 1. The molecule has 0 aliphatic rings. The van der Waals surface area contributed by atoms with Crippen LogP contribution in [0.3, 0.4) is 0 Å². The Morgan fingerprint density at radius 1 is 1.00 bits per heavy atom. The highest BCUT2D eigenvalue weighted by Gasteiger charge is 2.16. The molecule has 4 rings (SSSR count). The number of carbonyl (C=O) groups is 1. The predicted molar refractivity (Wildman–Crippen MR) is 111 cm³/mol. The van der Waals surface area contributed by atoms with Gasteiger partial charge in [-0.1, -0.05) is 35.3 Å². The van der Waals surface area contributed by atoms with Crippen molar-refractivity contribution in [1.29, 1.82) is 0 Å². The summed E-state index contributed by atoms with van der Waals surface area (Å²) in [6.07, 6.45) is 3.27. The van der Waals surface area contributed by atoms with Crippen LogP contribution in [0, 0.1) is 0 Å². The number of hydrogen-bond acceptors (Lipinski definition) is 3. The molecule has 2 heterocycles. The minimum atomic E-state index is -0.268. The lowest BCUT2D eigenvalue weighted by Crippen LogP contribution is -2.25. The zero-order chi connectivity index (χ0) is 19.8. The van der Waals surface area contributed by atoms with Gasteiger partial charge in [0.2, 0.25) is 0 Å². The van der Waals surface area contributed by atoms with E-state index in [9.17, 15) is 9.59 Å². The summed E-state index contributed by atoms with van der Waals surface area (Å²) in [5.74, 6) is -0.188. The second-order valence-electron chi connectivity index (χ2n) is 6.47. The van der Waals surface area contributed by atoms with Gasteiger partial charge in [0.15, 0.2) is 5.78 Å². The van der Waals surface area contributed by atoms with Crippen molar-refractivity contribution in [3.63, 3.8) is 0 Å². The number of ketones is 1. The van der Waals surface area contributed by atoms with E-state index in [1.165, 1.54) is 10.9 Å². The molecule has 28 heavy (non-hydrogen) atoms. The van der Waals surface area contributed by atoms with Crippen molar-refractivity contribution < 1.29 is 4.79 Å². The Hall–Kier alpha value is -2.89. The molecule has 7 heteroatoms. The highest BCUT2D eigenvalue weighted by atomic mass is 35.5. The third-order valence-electron chi connectivity index (χ3n) is 4.58. The van der Waals surface area contributed by atoms with Gasteiger partial charge in [0, 0.05) is 34.4 Å². The van der Waals surface area contributed by atoms with E-state index in [1.807, 2.05) is 18.3 Å². The summed E-state index contributed by atoms with van der Waals surface area (Å²) in [7, 11) is 1.79. The molecular weight excluding hydrogens is 397 g/mol. The van der Waals surface area contributed by atoms with E-state index in [-0.39, 0.29) is 17.9 Å². The third kappa shape index (κ3) is 3.35. The smallest absolute Gasteiger partial charge is 0.278 e. The van der Waals surface area contributed by atoms with Crippen LogP contribution in [-0.2, 0) is 13.6 Å². The zero-order valence-electron chi connectivity index (χ0n) is 14.9. The maximum atomic E-state index is 13.0. The van der Waals surface area contributed by atoms with Crippen LogP contribution in [0.15, 0.2) is 65.8 Å². The largest absolute Gasteiger partial charge is 0.344 e. The molecule has 0 saturated heterocycles. The lowest BCUT2D eigenvalue weighted by atomic mass is 10.1. The van der Waals surface area contributed by atoms with Crippen molar-refractivity contribution in [2.24, 2.45) is 7.05 Å². The molecule has 4 aromatic rings. The fraction of sp³-hybridized carbons (Fsp3) is 0.0952. The van der Waals surface area contributed by atoms with Gasteiger partial charge in [-0.25, -0.2) is 4.98 Å². The Bertz CT molecular complexity index is 1240. The number of fused-ring (bicyclic) bond motifs is 1. The quantitative estimate of drug-likeness (QED) is 0.461. The van der Waals surface area contributed by atoms with E-state index in [0.717, 1.165) is 11.1 Å². The Labute approximate surface area is 170 Å². The molecule has 0 saturated carbocycles. The van der Waals surface area contributed by atoms with Crippen molar-refractivity contribution in [3.8, 4) is 11.1 Å². The molecular formula is C21H15Cl2N3O2. The first-order valence-corrected chi connectivity index (χ1v) is 9.29. The Balaban J connectivity index is 1.74. The summed E-state index contributed by atoms with van der Waals surface area (Å²) in [4.78, 5) is 29.9. The van der Waals surface area contributed by atoms with Crippen LogP contribution in [0.5, 0.6) is 0 Å². The maximum absolute atomic E-state index is 13.0. The van der Waals surface area contributed by atoms with Crippen molar-refractivity contribution in [2.75, 3.05) is 0 Å². The summed E-state index contributed by atoms with van der Waals surface area (Å²) in [5, 5.41) is 1.19. The SMILES string of the molecule is Cn1cc(-c2ccc(Cl)cc2)c2ncn(CC(=O)c3ccc(Cl)cc3)c(=O)c21. The lowest BCUT2D eigenvalue weighted by molar-refractivity contribution is 0.0970. The van der Waals surface area contributed by atoms with Crippen LogP contribution in [0.1, 0.15) is 10.4 Å². The number of aryl methyl sites for hydroxylation is 1. The molecule has 0 aliphatic carbocycles. The van der Waals surface area contributed by atoms with Gasteiger partial charge in [0.05, 0.1) is 12.9 Å². The fourth-order valence-electron chi connectivity index (χ4n) is 3.15. The molecule has 0 bridgehead atoms. The molecule has 2 aromatic heterocycles. The first kappa shape index (κ1) is 18.5. The predicted octanol–water partition coefficient (Wildman–Crippen LogP) is 4.59. The van der Waals surface area contributed by atoms with Gasteiger partial charge >= 0.3 is 0 Å². The Morgan fingerprint density at radius 3 is 2.25 bits per heavy atom. The van der Waals surface area contributed by atoms with Crippen molar-refractivity contribution in [1.82, 2.24) is 14.1 Å².